The Labute approximate surface area is 88.2 Å². The number of ether oxygens (including phenoxy) is 1. The lowest BCUT2D eigenvalue weighted by molar-refractivity contribution is 0.0594. The van der Waals surface area contributed by atoms with Gasteiger partial charge in [0, 0.05) is 9.77 Å². The smallest absolute Gasteiger partial charge is 0.356 e. The van der Waals surface area contributed by atoms with Crippen molar-refractivity contribution in [2.75, 3.05) is 7.11 Å². The summed E-state index contributed by atoms with van der Waals surface area (Å²) in [6.07, 6.45) is 1.43. The quantitative estimate of drug-likeness (QED) is 0.589. The molecule has 0 aliphatic heterocycles. The molecule has 64 valence electrons. The molecule has 0 aliphatic rings. The van der Waals surface area contributed by atoms with E-state index in [-0.39, 0.29) is 5.69 Å². The Morgan fingerprint density at radius 1 is 1.75 bits per heavy atom. The van der Waals surface area contributed by atoms with Crippen LogP contribution < -0.4 is 0 Å². The summed E-state index contributed by atoms with van der Waals surface area (Å²) in [6, 6.07) is 1.58. The van der Waals surface area contributed by atoms with Crippen LogP contribution in [0.4, 0.5) is 0 Å². The van der Waals surface area contributed by atoms with Crippen LogP contribution in [-0.2, 0) is 4.74 Å². The van der Waals surface area contributed by atoms with Gasteiger partial charge in [0.2, 0.25) is 0 Å². The predicted molar refractivity (Wildman–Crippen MR) is 53.3 cm³/mol. The zero-order valence-corrected chi connectivity index (χ0v) is 9.09. The molecule has 1 rings (SSSR count). The highest BCUT2D eigenvalue weighted by atomic mass is 127. The first kappa shape index (κ1) is 9.73. The van der Waals surface area contributed by atoms with Crippen molar-refractivity contribution in [3.05, 3.63) is 26.5 Å². The van der Waals surface area contributed by atoms with E-state index in [0.29, 0.717) is 5.02 Å². The number of halogens is 2. The molecule has 0 amide bonds. The van der Waals surface area contributed by atoms with E-state index in [1.54, 1.807) is 6.07 Å². The Morgan fingerprint density at radius 3 is 2.92 bits per heavy atom. The van der Waals surface area contributed by atoms with Gasteiger partial charge in [-0.1, -0.05) is 11.6 Å². The molecule has 0 radical (unpaired) electrons. The molecule has 0 aliphatic carbocycles. The number of pyridine rings is 1. The largest absolute Gasteiger partial charge is 0.464 e. The second-order valence-electron chi connectivity index (χ2n) is 1.98. The summed E-state index contributed by atoms with van der Waals surface area (Å²) >= 11 is 7.73. The molecular weight excluding hydrogens is 292 g/mol. The van der Waals surface area contributed by atoms with Crippen molar-refractivity contribution in [3.63, 3.8) is 0 Å². The second-order valence-corrected chi connectivity index (χ2v) is 3.54. The van der Waals surface area contributed by atoms with Crippen molar-refractivity contribution in [3.8, 4) is 0 Å². The van der Waals surface area contributed by atoms with Crippen molar-refractivity contribution in [2.45, 2.75) is 0 Å². The van der Waals surface area contributed by atoms with Crippen molar-refractivity contribution in [2.24, 2.45) is 0 Å². The molecule has 0 unspecified atom stereocenters. The summed E-state index contributed by atoms with van der Waals surface area (Å²) in [5.41, 5.74) is 0.270. The van der Waals surface area contributed by atoms with Gasteiger partial charge < -0.3 is 4.74 Å². The van der Waals surface area contributed by atoms with Gasteiger partial charge in [-0.3, -0.25) is 0 Å². The number of nitrogens with zero attached hydrogens (tertiary/aromatic N) is 1. The molecule has 1 aromatic heterocycles. The maximum Gasteiger partial charge on any atom is 0.356 e. The lowest BCUT2D eigenvalue weighted by Gasteiger charge is -1.99. The van der Waals surface area contributed by atoms with Crippen molar-refractivity contribution < 1.29 is 9.53 Å². The van der Waals surface area contributed by atoms with Gasteiger partial charge in [0.15, 0.2) is 0 Å². The first-order valence-electron chi connectivity index (χ1n) is 3.04. The topological polar surface area (TPSA) is 39.2 Å². The van der Waals surface area contributed by atoms with Crippen molar-refractivity contribution >= 4 is 40.2 Å². The maximum atomic E-state index is 10.9. The SMILES string of the molecule is COC(=O)c1cc(I)c(Cl)cn1. The van der Waals surface area contributed by atoms with Crippen molar-refractivity contribution in [1.29, 1.82) is 0 Å². The van der Waals surface area contributed by atoms with Gasteiger partial charge in [-0.25, -0.2) is 9.78 Å². The number of esters is 1. The van der Waals surface area contributed by atoms with Crippen LogP contribution in [-0.4, -0.2) is 18.1 Å². The molecule has 1 heterocycles. The zero-order valence-electron chi connectivity index (χ0n) is 6.17. The Morgan fingerprint density at radius 2 is 2.42 bits per heavy atom. The minimum absolute atomic E-state index is 0.270. The first-order valence-corrected chi connectivity index (χ1v) is 4.50. The van der Waals surface area contributed by atoms with Gasteiger partial charge in [0.25, 0.3) is 0 Å². The first-order chi connectivity index (χ1) is 5.65. The minimum Gasteiger partial charge on any atom is -0.464 e. The zero-order chi connectivity index (χ0) is 9.14. The molecule has 0 aromatic carbocycles. The Bertz CT molecular complexity index is 316. The number of carbonyl (C=O) groups excluding carboxylic acids is 1. The molecule has 0 fully saturated rings. The van der Waals surface area contributed by atoms with E-state index in [0.717, 1.165) is 3.57 Å². The molecular formula is C7H5ClINO2. The fraction of sp³-hybridized carbons (Fsp3) is 0.143. The van der Waals surface area contributed by atoms with Crippen LogP contribution in [0.2, 0.25) is 5.02 Å². The molecule has 0 spiro atoms. The fourth-order valence-corrected chi connectivity index (χ4v) is 1.17. The monoisotopic (exact) mass is 297 g/mol. The molecule has 0 saturated heterocycles. The standard InChI is InChI=1S/C7H5ClINO2/c1-12-7(11)6-2-5(9)4(8)3-10-6/h2-3H,1H3. The van der Waals surface area contributed by atoms with Crippen LogP contribution in [0, 0.1) is 3.57 Å². The van der Waals surface area contributed by atoms with E-state index in [1.165, 1.54) is 13.3 Å². The summed E-state index contributed by atoms with van der Waals surface area (Å²) in [6.45, 7) is 0. The third-order valence-corrected chi connectivity index (χ3v) is 2.72. The molecule has 0 saturated carbocycles. The van der Waals surface area contributed by atoms with Crippen LogP contribution in [0.15, 0.2) is 12.3 Å². The highest BCUT2D eigenvalue weighted by molar-refractivity contribution is 14.1. The number of carbonyl (C=O) groups is 1. The average molecular weight is 297 g/mol. The van der Waals surface area contributed by atoms with Crippen LogP contribution in [0.25, 0.3) is 0 Å². The van der Waals surface area contributed by atoms with Gasteiger partial charge in [-0.15, -0.1) is 0 Å². The van der Waals surface area contributed by atoms with Gasteiger partial charge in [0.1, 0.15) is 5.69 Å². The predicted octanol–water partition coefficient (Wildman–Crippen LogP) is 2.13. The Hall–Kier alpha value is -0.360. The minimum atomic E-state index is -0.454. The van der Waals surface area contributed by atoms with Gasteiger partial charge in [0.05, 0.1) is 12.1 Å². The third-order valence-electron chi connectivity index (χ3n) is 1.20. The summed E-state index contributed by atoms with van der Waals surface area (Å²) in [5.74, 6) is -0.454. The number of methoxy groups -OCH3 is 1. The molecule has 0 N–H and O–H groups in total. The second kappa shape index (κ2) is 4.04. The van der Waals surface area contributed by atoms with Crippen molar-refractivity contribution in [1.82, 2.24) is 4.98 Å². The number of rotatable bonds is 1. The van der Waals surface area contributed by atoms with Gasteiger partial charge in [-0.05, 0) is 28.7 Å². The Kier molecular flexibility index (Phi) is 3.28. The lowest BCUT2D eigenvalue weighted by atomic mass is 10.3. The molecule has 1 aromatic rings. The van der Waals surface area contributed by atoms with Crippen LogP contribution in [0.1, 0.15) is 10.5 Å². The highest BCUT2D eigenvalue weighted by Crippen LogP contribution is 2.17. The number of hydrogen-bond acceptors (Lipinski definition) is 3. The van der Waals surface area contributed by atoms with Crippen LogP contribution in [0.3, 0.4) is 0 Å². The summed E-state index contributed by atoms with van der Waals surface area (Å²) in [4.78, 5) is 14.7. The van der Waals surface area contributed by atoms with E-state index >= 15 is 0 Å². The number of aromatic nitrogens is 1. The normalized spacial score (nSPS) is 9.58. The summed E-state index contributed by atoms with van der Waals surface area (Å²) < 4.78 is 5.27. The molecule has 5 heteroatoms. The third kappa shape index (κ3) is 2.07. The fourth-order valence-electron chi connectivity index (χ4n) is 0.630. The highest BCUT2D eigenvalue weighted by Gasteiger charge is 2.08. The van der Waals surface area contributed by atoms with Gasteiger partial charge >= 0.3 is 5.97 Å². The molecule has 12 heavy (non-hydrogen) atoms. The van der Waals surface area contributed by atoms with E-state index in [2.05, 4.69) is 9.72 Å². The molecule has 0 atom stereocenters. The van der Waals surface area contributed by atoms with E-state index in [1.807, 2.05) is 22.6 Å². The lowest BCUT2D eigenvalue weighted by Crippen LogP contribution is -2.04. The van der Waals surface area contributed by atoms with E-state index in [4.69, 9.17) is 11.6 Å². The number of hydrogen-bond donors (Lipinski definition) is 0. The molecule has 0 bridgehead atoms. The average Bonchev–Trinajstić information content (AvgIpc) is 2.08. The Balaban J connectivity index is 3.05. The van der Waals surface area contributed by atoms with Gasteiger partial charge in [-0.2, -0.15) is 0 Å². The summed E-state index contributed by atoms with van der Waals surface area (Å²) in [7, 11) is 1.31. The molecule has 3 nitrogen and oxygen atoms in total. The van der Waals surface area contributed by atoms with Crippen LogP contribution in [0.5, 0.6) is 0 Å². The van der Waals surface area contributed by atoms with E-state index < -0.39 is 5.97 Å². The summed E-state index contributed by atoms with van der Waals surface area (Å²) in [5, 5.41) is 0.531. The maximum absolute atomic E-state index is 10.9. The van der Waals surface area contributed by atoms with E-state index in [9.17, 15) is 4.79 Å². The van der Waals surface area contributed by atoms with Crippen LogP contribution >= 0.6 is 34.2 Å².